The summed E-state index contributed by atoms with van der Waals surface area (Å²) in [6.07, 6.45) is 3.75. The van der Waals surface area contributed by atoms with Gasteiger partial charge in [-0.25, -0.2) is 0 Å². The van der Waals surface area contributed by atoms with Gasteiger partial charge in [0, 0.05) is 0 Å². The predicted octanol–water partition coefficient (Wildman–Crippen LogP) is 3.74. The Morgan fingerprint density at radius 1 is 1.00 bits per heavy atom. The summed E-state index contributed by atoms with van der Waals surface area (Å²) in [5.74, 6) is 1.54. The average molecular weight is 397 g/mol. The monoisotopic (exact) mass is 397 g/mol. The molecule has 3 aromatic rings. The molecule has 3 rings (SSSR count). The van der Waals surface area contributed by atoms with Gasteiger partial charge in [0.1, 0.15) is 10.8 Å². The topological polar surface area (TPSA) is 82.6 Å². The van der Waals surface area contributed by atoms with Crippen molar-refractivity contribution in [3.05, 3.63) is 59.1 Å². The molecule has 0 saturated heterocycles. The summed E-state index contributed by atoms with van der Waals surface area (Å²) >= 11 is 1.27. The Hall–Kier alpha value is -3.39. The molecule has 0 fully saturated rings. The Kier molecular flexibility index (Phi) is 6.59. The van der Waals surface area contributed by atoms with Crippen LogP contribution < -0.4 is 19.5 Å². The molecule has 7 nitrogen and oxygen atoms in total. The van der Waals surface area contributed by atoms with E-state index in [1.807, 2.05) is 48.6 Å². The van der Waals surface area contributed by atoms with E-state index in [9.17, 15) is 4.79 Å². The van der Waals surface area contributed by atoms with Crippen LogP contribution in [0.2, 0.25) is 0 Å². The maximum Gasteiger partial charge on any atom is 0.264 e. The molecule has 0 unspecified atom stereocenters. The number of ether oxygens (including phenoxy) is 3. The minimum Gasteiger partial charge on any atom is -0.497 e. The minimum atomic E-state index is -0.326. The second kappa shape index (κ2) is 9.52. The van der Waals surface area contributed by atoms with Crippen molar-refractivity contribution in [2.24, 2.45) is 0 Å². The molecule has 0 aliphatic carbocycles. The second-order valence-electron chi connectivity index (χ2n) is 5.54. The molecule has 1 amide bonds. The number of para-hydroxylation sites is 2. The summed E-state index contributed by atoms with van der Waals surface area (Å²) < 4.78 is 15.8. The molecular formula is C20H19N3O4S. The molecule has 0 saturated carbocycles. The molecule has 1 heterocycles. The van der Waals surface area contributed by atoms with Crippen LogP contribution in [0.3, 0.4) is 0 Å². The van der Waals surface area contributed by atoms with Crippen LogP contribution in [0.4, 0.5) is 5.13 Å². The third kappa shape index (κ3) is 5.31. The fourth-order valence-electron chi connectivity index (χ4n) is 2.27. The average Bonchev–Trinajstić information content (AvgIpc) is 3.18. The maximum absolute atomic E-state index is 12.1. The number of aromatic nitrogens is 2. The van der Waals surface area contributed by atoms with Gasteiger partial charge >= 0.3 is 0 Å². The molecule has 1 N–H and O–H groups in total. The maximum atomic E-state index is 12.1. The van der Waals surface area contributed by atoms with E-state index in [0.29, 0.717) is 21.6 Å². The number of carbonyl (C=O) groups is 1. The number of amides is 1. The molecule has 0 radical (unpaired) electrons. The molecule has 0 spiro atoms. The first-order valence-electron chi connectivity index (χ1n) is 8.39. The van der Waals surface area contributed by atoms with Crippen molar-refractivity contribution in [3.8, 4) is 17.2 Å². The van der Waals surface area contributed by atoms with Crippen molar-refractivity contribution >= 4 is 34.5 Å². The number of hydrogen-bond donors (Lipinski definition) is 1. The molecule has 0 bridgehead atoms. The summed E-state index contributed by atoms with van der Waals surface area (Å²) in [5, 5.41) is 11.8. The van der Waals surface area contributed by atoms with E-state index in [4.69, 9.17) is 14.2 Å². The zero-order valence-electron chi connectivity index (χ0n) is 15.4. The first-order chi connectivity index (χ1) is 13.7. The molecule has 2 aromatic carbocycles. The van der Waals surface area contributed by atoms with E-state index >= 15 is 0 Å². The number of anilines is 1. The Bertz CT molecular complexity index is 954. The normalized spacial score (nSPS) is 10.6. The molecule has 144 valence electrons. The van der Waals surface area contributed by atoms with E-state index in [-0.39, 0.29) is 12.5 Å². The summed E-state index contributed by atoms with van der Waals surface area (Å²) in [7, 11) is 3.17. The molecule has 8 heteroatoms. The van der Waals surface area contributed by atoms with Crippen molar-refractivity contribution in [2.45, 2.75) is 0 Å². The Morgan fingerprint density at radius 3 is 2.46 bits per heavy atom. The minimum absolute atomic E-state index is 0.156. The number of carbonyl (C=O) groups excluding carboxylic acids is 1. The highest BCUT2D eigenvalue weighted by atomic mass is 32.1. The van der Waals surface area contributed by atoms with Crippen molar-refractivity contribution in [1.29, 1.82) is 0 Å². The van der Waals surface area contributed by atoms with Crippen LogP contribution in [0.5, 0.6) is 17.2 Å². The van der Waals surface area contributed by atoms with Crippen molar-refractivity contribution in [3.63, 3.8) is 0 Å². The molecule has 1 aromatic heterocycles. The quantitative estimate of drug-likeness (QED) is 0.623. The highest BCUT2D eigenvalue weighted by Gasteiger charge is 2.10. The van der Waals surface area contributed by atoms with Crippen LogP contribution in [0.1, 0.15) is 10.6 Å². The lowest BCUT2D eigenvalue weighted by Crippen LogP contribution is -2.20. The number of nitrogens with zero attached hydrogens (tertiary/aromatic N) is 2. The van der Waals surface area contributed by atoms with Crippen LogP contribution in [0, 0.1) is 0 Å². The molecular weight excluding hydrogens is 378 g/mol. The van der Waals surface area contributed by atoms with E-state index < -0.39 is 0 Å². The first-order valence-corrected chi connectivity index (χ1v) is 9.21. The second-order valence-corrected chi connectivity index (χ2v) is 6.55. The van der Waals surface area contributed by atoms with Crippen molar-refractivity contribution < 1.29 is 19.0 Å². The fraction of sp³-hybridized carbons (Fsp3) is 0.150. The number of rotatable bonds is 8. The van der Waals surface area contributed by atoms with Gasteiger partial charge in [-0.2, -0.15) is 0 Å². The third-order valence-corrected chi connectivity index (χ3v) is 4.45. The van der Waals surface area contributed by atoms with E-state index in [1.54, 1.807) is 26.4 Å². The third-order valence-electron chi connectivity index (χ3n) is 3.65. The van der Waals surface area contributed by atoms with Gasteiger partial charge in [-0.15, -0.1) is 10.2 Å². The molecule has 28 heavy (non-hydrogen) atoms. The highest BCUT2D eigenvalue weighted by molar-refractivity contribution is 7.16. The number of methoxy groups -OCH3 is 2. The van der Waals surface area contributed by atoms with E-state index in [0.717, 1.165) is 11.3 Å². The number of nitrogens with one attached hydrogen (secondary N) is 1. The van der Waals surface area contributed by atoms with Crippen LogP contribution in [-0.4, -0.2) is 36.9 Å². The lowest BCUT2D eigenvalue weighted by Gasteiger charge is -2.09. The first kappa shape index (κ1) is 19.4. The molecule has 0 aliphatic rings. The smallest absolute Gasteiger partial charge is 0.264 e. The van der Waals surface area contributed by atoms with Gasteiger partial charge in [0.25, 0.3) is 5.91 Å². The number of hydrogen-bond acceptors (Lipinski definition) is 7. The van der Waals surface area contributed by atoms with E-state index in [1.165, 1.54) is 11.3 Å². The largest absolute Gasteiger partial charge is 0.497 e. The van der Waals surface area contributed by atoms with Crippen LogP contribution in [0.15, 0.2) is 48.5 Å². The Balaban J connectivity index is 1.53. The van der Waals surface area contributed by atoms with Gasteiger partial charge in [0.2, 0.25) is 5.13 Å². The van der Waals surface area contributed by atoms with Gasteiger partial charge < -0.3 is 14.2 Å². The Labute approximate surface area is 166 Å². The standard InChI is InChI=1S/C20H19N3O4S/c1-25-15-10-7-14(8-11-15)9-12-19-22-23-20(28-19)21-18(24)13-27-17-6-4-3-5-16(17)26-2/h3-12H,13H2,1-2H3,(H,21,23,24)/b12-9+. The summed E-state index contributed by atoms with van der Waals surface area (Å²) in [4.78, 5) is 12.1. The SMILES string of the molecule is COc1ccc(/C=C/c2nnc(NC(=O)COc3ccccc3OC)s2)cc1. The van der Waals surface area contributed by atoms with Gasteiger partial charge in [-0.05, 0) is 35.9 Å². The van der Waals surface area contributed by atoms with Gasteiger partial charge in [0.05, 0.1) is 14.2 Å². The van der Waals surface area contributed by atoms with Crippen molar-refractivity contribution in [2.75, 3.05) is 26.1 Å². The molecule has 0 aliphatic heterocycles. The zero-order chi connectivity index (χ0) is 19.8. The van der Waals surface area contributed by atoms with Crippen molar-refractivity contribution in [1.82, 2.24) is 10.2 Å². The fourth-order valence-corrected chi connectivity index (χ4v) is 2.93. The zero-order valence-corrected chi connectivity index (χ0v) is 16.2. The van der Waals surface area contributed by atoms with Gasteiger partial charge in [-0.1, -0.05) is 41.7 Å². The molecule has 0 atom stereocenters. The van der Waals surface area contributed by atoms with Gasteiger partial charge in [-0.3, -0.25) is 10.1 Å². The van der Waals surface area contributed by atoms with Crippen LogP contribution in [-0.2, 0) is 4.79 Å². The summed E-state index contributed by atoms with van der Waals surface area (Å²) in [6, 6.07) is 14.8. The van der Waals surface area contributed by atoms with E-state index in [2.05, 4.69) is 15.5 Å². The number of benzene rings is 2. The summed E-state index contributed by atoms with van der Waals surface area (Å²) in [5.41, 5.74) is 1.01. The summed E-state index contributed by atoms with van der Waals surface area (Å²) in [6.45, 7) is -0.156. The highest BCUT2D eigenvalue weighted by Crippen LogP contribution is 2.25. The Morgan fingerprint density at radius 2 is 1.75 bits per heavy atom. The van der Waals surface area contributed by atoms with Crippen LogP contribution in [0.25, 0.3) is 12.2 Å². The lowest BCUT2D eigenvalue weighted by atomic mass is 10.2. The van der Waals surface area contributed by atoms with Crippen LogP contribution >= 0.6 is 11.3 Å². The lowest BCUT2D eigenvalue weighted by molar-refractivity contribution is -0.118. The van der Waals surface area contributed by atoms with Gasteiger partial charge in [0.15, 0.2) is 18.1 Å². The predicted molar refractivity (Wildman–Crippen MR) is 109 cm³/mol.